The number of rotatable bonds is 5. The van der Waals surface area contributed by atoms with Crippen LogP contribution in [-0.2, 0) is 0 Å². The molecule has 2 rings (SSSR count). The Morgan fingerprint density at radius 1 is 1.42 bits per heavy atom. The summed E-state index contributed by atoms with van der Waals surface area (Å²) in [5.41, 5.74) is 0.0476. The normalized spacial score (nSPS) is 9.95. The van der Waals surface area contributed by atoms with Crippen molar-refractivity contribution in [2.45, 2.75) is 6.92 Å². The average Bonchev–Trinajstić information content (AvgIpc) is 2.41. The first kappa shape index (κ1) is 12.8. The number of aromatic nitrogens is 2. The average molecular weight is 260 g/mol. The highest BCUT2D eigenvalue weighted by Gasteiger charge is 2.09. The molecule has 98 valence electrons. The molecule has 1 N–H and O–H groups in total. The van der Waals surface area contributed by atoms with E-state index in [1.165, 1.54) is 18.5 Å². The molecule has 0 aromatic carbocycles. The zero-order valence-corrected chi connectivity index (χ0v) is 10.2. The minimum Gasteiger partial charge on any atom is -0.488 e. The van der Waals surface area contributed by atoms with Gasteiger partial charge in [-0.15, -0.1) is 0 Å². The molecule has 6 heteroatoms. The van der Waals surface area contributed by atoms with Crippen LogP contribution >= 0.6 is 0 Å². The van der Waals surface area contributed by atoms with Crippen molar-refractivity contribution in [1.29, 1.82) is 0 Å². The van der Waals surface area contributed by atoms with Crippen LogP contribution in [-0.4, -0.2) is 27.7 Å². The van der Waals surface area contributed by atoms with Gasteiger partial charge in [0, 0.05) is 12.4 Å². The second-order valence-corrected chi connectivity index (χ2v) is 3.56. The summed E-state index contributed by atoms with van der Waals surface area (Å²) < 4.78 is 10.9. The van der Waals surface area contributed by atoms with Crippen LogP contribution in [0.25, 0.3) is 0 Å². The summed E-state index contributed by atoms with van der Waals surface area (Å²) in [4.78, 5) is 18.7. The van der Waals surface area contributed by atoms with Gasteiger partial charge in [-0.1, -0.05) is 0 Å². The molecule has 0 bridgehead atoms. The molecular formula is C13H12N2O4. The van der Waals surface area contributed by atoms with E-state index in [4.69, 9.17) is 14.6 Å². The summed E-state index contributed by atoms with van der Waals surface area (Å²) in [6.07, 6.45) is 4.22. The lowest BCUT2D eigenvalue weighted by molar-refractivity contribution is 0.0696. The fourth-order valence-corrected chi connectivity index (χ4v) is 1.42. The van der Waals surface area contributed by atoms with Crippen molar-refractivity contribution in [3.05, 3.63) is 42.4 Å². The Morgan fingerprint density at radius 3 is 3.00 bits per heavy atom. The Balaban J connectivity index is 2.26. The van der Waals surface area contributed by atoms with Crippen molar-refractivity contribution >= 4 is 5.97 Å². The van der Waals surface area contributed by atoms with E-state index >= 15 is 0 Å². The topological polar surface area (TPSA) is 81.5 Å². The van der Waals surface area contributed by atoms with Crippen LogP contribution in [0.5, 0.6) is 17.4 Å². The quantitative estimate of drug-likeness (QED) is 0.888. The van der Waals surface area contributed by atoms with Crippen LogP contribution in [0.2, 0.25) is 0 Å². The van der Waals surface area contributed by atoms with Crippen LogP contribution in [0.3, 0.4) is 0 Å². The maximum atomic E-state index is 10.8. The summed E-state index contributed by atoms with van der Waals surface area (Å²) in [6.45, 7) is 2.33. The molecular weight excluding hydrogens is 248 g/mol. The molecule has 0 radical (unpaired) electrons. The Labute approximate surface area is 109 Å². The smallest absolute Gasteiger partial charge is 0.337 e. The van der Waals surface area contributed by atoms with E-state index in [1.54, 1.807) is 18.3 Å². The lowest BCUT2D eigenvalue weighted by Gasteiger charge is -2.09. The number of nitrogens with zero attached hydrogens (tertiary/aromatic N) is 2. The number of hydrogen-bond acceptors (Lipinski definition) is 5. The first-order chi connectivity index (χ1) is 9.20. The number of carbonyl (C=O) groups is 1. The Hall–Kier alpha value is -2.63. The molecule has 0 amide bonds. The van der Waals surface area contributed by atoms with Crippen molar-refractivity contribution in [2.75, 3.05) is 6.61 Å². The third-order valence-corrected chi connectivity index (χ3v) is 2.21. The van der Waals surface area contributed by atoms with E-state index < -0.39 is 5.97 Å². The predicted molar refractivity (Wildman–Crippen MR) is 66.7 cm³/mol. The number of carboxylic acid groups (broad SMARTS) is 1. The maximum absolute atomic E-state index is 10.8. The van der Waals surface area contributed by atoms with Gasteiger partial charge in [0.2, 0.25) is 0 Å². The van der Waals surface area contributed by atoms with E-state index in [0.717, 1.165) is 0 Å². The van der Waals surface area contributed by atoms with Gasteiger partial charge in [-0.25, -0.2) is 9.78 Å². The molecule has 0 spiro atoms. The van der Waals surface area contributed by atoms with Gasteiger partial charge in [-0.2, -0.15) is 0 Å². The molecule has 2 aromatic rings. The van der Waals surface area contributed by atoms with E-state index in [0.29, 0.717) is 18.1 Å². The number of aromatic carboxylic acids is 1. The molecule has 0 aliphatic rings. The van der Waals surface area contributed by atoms with Crippen molar-refractivity contribution in [1.82, 2.24) is 9.97 Å². The highest BCUT2D eigenvalue weighted by atomic mass is 16.5. The van der Waals surface area contributed by atoms with Gasteiger partial charge in [0.05, 0.1) is 18.4 Å². The van der Waals surface area contributed by atoms with Crippen molar-refractivity contribution in [3.8, 4) is 17.4 Å². The van der Waals surface area contributed by atoms with Crippen molar-refractivity contribution < 1.29 is 19.4 Å². The molecule has 0 aliphatic carbocycles. The summed E-state index contributed by atoms with van der Waals surface area (Å²) in [5.74, 6) is -0.0111. The first-order valence-electron chi connectivity index (χ1n) is 5.64. The van der Waals surface area contributed by atoms with Crippen LogP contribution in [0.15, 0.2) is 36.8 Å². The number of ether oxygens (including phenoxy) is 2. The summed E-state index contributed by atoms with van der Waals surface area (Å²) >= 11 is 0. The zero-order valence-electron chi connectivity index (χ0n) is 10.2. The van der Waals surface area contributed by atoms with Gasteiger partial charge in [0.25, 0.3) is 5.88 Å². The highest BCUT2D eigenvalue weighted by molar-refractivity contribution is 5.87. The molecule has 0 fully saturated rings. The van der Waals surface area contributed by atoms with E-state index in [1.807, 2.05) is 6.92 Å². The summed E-state index contributed by atoms with van der Waals surface area (Å²) in [7, 11) is 0. The SMILES string of the molecule is CCOc1cccnc1Oc1cncc(C(=O)O)c1. The second-order valence-electron chi connectivity index (χ2n) is 3.56. The zero-order chi connectivity index (χ0) is 13.7. The minimum atomic E-state index is -1.07. The standard InChI is InChI=1S/C13H12N2O4/c1-2-18-11-4-3-5-15-12(11)19-10-6-9(13(16)17)7-14-8-10/h3-8H,2H2,1H3,(H,16,17). The maximum Gasteiger partial charge on any atom is 0.337 e. The first-order valence-corrected chi connectivity index (χ1v) is 5.64. The highest BCUT2D eigenvalue weighted by Crippen LogP contribution is 2.28. The molecule has 0 unspecified atom stereocenters. The van der Waals surface area contributed by atoms with Crippen LogP contribution in [0, 0.1) is 0 Å². The summed E-state index contributed by atoms with van der Waals surface area (Å²) in [6, 6.07) is 4.82. The molecule has 0 atom stereocenters. The molecule has 0 aliphatic heterocycles. The van der Waals surface area contributed by atoms with Gasteiger partial charge in [0.1, 0.15) is 5.75 Å². The Morgan fingerprint density at radius 2 is 2.26 bits per heavy atom. The van der Waals surface area contributed by atoms with Crippen molar-refractivity contribution in [2.24, 2.45) is 0 Å². The monoisotopic (exact) mass is 260 g/mol. The fourth-order valence-electron chi connectivity index (χ4n) is 1.42. The van der Waals surface area contributed by atoms with Crippen LogP contribution < -0.4 is 9.47 Å². The lowest BCUT2D eigenvalue weighted by Crippen LogP contribution is -1.99. The van der Waals surface area contributed by atoms with Gasteiger partial charge < -0.3 is 14.6 Å². The third kappa shape index (κ3) is 3.19. The van der Waals surface area contributed by atoms with E-state index in [2.05, 4.69) is 9.97 Å². The molecule has 2 heterocycles. The largest absolute Gasteiger partial charge is 0.488 e. The van der Waals surface area contributed by atoms with Crippen LogP contribution in [0.4, 0.5) is 0 Å². The van der Waals surface area contributed by atoms with Gasteiger partial charge in [-0.3, -0.25) is 4.98 Å². The predicted octanol–water partition coefficient (Wildman–Crippen LogP) is 2.37. The lowest BCUT2D eigenvalue weighted by atomic mass is 10.3. The Bertz CT molecular complexity index is 586. The third-order valence-electron chi connectivity index (χ3n) is 2.21. The number of hydrogen-bond donors (Lipinski definition) is 1. The molecule has 6 nitrogen and oxygen atoms in total. The molecule has 2 aromatic heterocycles. The second kappa shape index (κ2) is 5.81. The van der Waals surface area contributed by atoms with Gasteiger partial charge in [0.15, 0.2) is 5.75 Å². The van der Waals surface area contributed by atoms with E-state index in [-0.39, 0.29) is 11.4 Å². The van der Waals surface area contributed by atoms with Gasteiger partial charge >= 0.3 is 5.97 Å². The van der Waals surface area contributed by atoms with Crippen LogP contribution in [0.1, 0.15) is 17.3 Å². The van der Waals surface area contributed by atoms with E-state index in [9.17, 15) is 4.79 Å². The fraction of sp³-hybridized carbons (Fsp3) is 0.154. The molecule has 19 heavy (non-hydrogen) atoms. The molecule has 0 saturated carbocycles. The van der Waals surface area contributed by atoms with Crippen molar-refractivity contribution in [3.63, 3.8) is 0 Å². The van der Waals surface area contributed by atoms with Gasteiger partial charge in [-0.05, 0) is 25.1 Å². The molecule has 0 saturated heterocycles. The summed E-state index contributed by atoms with van der Waals surface area (Å²) in [5, 5.41) is 8.88. The number of carboxylic acids is 1. The number of pyridine rings is 2. The minimum absolute atomic E-state index is 0.0476. The Kier molecular flexibility index (Phi) is 3.92.